The molecule has 1 amide bonds. The molecular formula is C19H17ClFNO3. The molecule has 0 saturated heterocycles. The highest BCUT2D eigenvalue weighted by Crippen LogP contribution is 2.15. The van der Waals surface area contributed by atoms with Crippen LogP contribution in [-0.2, 0) is 14.3 Å². The van der Waals surface area contributed by atoms with E-state index in [9.17, 15) is 14.0 Å². The van der Waals surface area contributed by atoms with Gasteiger partial charge in [0, 0.05) is 11.1 Å². The first-order valence-electron chi connectivity index (χ1n) is 7.59. The molecule has 0 saturated carbocycles. The van der Waals surface area contributed by atoms with Crippen LogP contribution >= 0.6 is 11.6 Å². The van der Waals surface area contributed by atoms with Crippen molar-refractivity contribution in [3.8, 4) is 0 Å². The average molecular weight is 362 g/mol. The Morgan fingerprint density at radius 3 is 2.64 bits per heavy atom. The van der Waals surface area contributed by atoms with Gasteiger partial charge in [0.25, 0.3) is 5.91 Å². The van der Waals surface area contributed by atoms with E-state index < -0.39 is 24.3 Å². The first kappa shape index (κ1) is 18.7. The zero-order valence-corrected chi connectivity index (χ0v) is 14.3. The monoisotopic (exact) mass is 361 g/mol. The Kier molecular flexibility index (Phi) is 6.71. The number of rotatable bonds is 6. The van der Waals surface area contributed by atoms with Gasteiger partial charge >= 0.3 is 5.97 Å². The molecule has 0 aliphatic carbocycles. The standard InChI is InChI=1S/C19H17ClFNO3/c1-13(15-6-8-16(20)9-7-15)22-18(23)12-25-19(24)10-5-14-3-2-4-17(21)11-14/h2-11,13H,12H2,1H3,(H,22,23)/b10-5+/t13-/m0/s1. The Morgan fingerprint density at radius 2 is 1.96 bits per heavy atom. The summed E-state index contributed by atoms with van der Waals surface area (Å²) < 4.78 is 17.9. The van der Waals surface area contributed by atoms with Crippen LogP contribution in [0.25, 0.3) is 6.08 Å². The molecule has 1 atom stereocenters. The zero-order valence-electron chi connectivity index (χ0n) is 13.5. The highest BCUT2D eigenvalue weighted by atomic mass is 35.5. The lowest BCUT2D eigenvalue weighted by atomic mass is 10.1. The van der Waals surface area contributed by atoms with Gasteiger partial charge in [-0.25, -0.2) is 9.18 Å². The number of amides is 1. The van der Waals surface area contributed by atoms with Gasteiger partial charge in [-0.3, -0.25) is 4.79 Å². The first-order valence-corrected chi connectivity index (χ1v) is 7.97. The van der Waals surface area contributed by atoms with Crippen LogP contribution < -0.4 is 5.32 Å². The van der Waals surface area contributed by atoms with Crippen molar-refractivity contribution in [1.82, 2.24) is 5.32 Å². The molecular weight excluding hydrogens is 345 g/mol. The lowest BCUT2D eigenvalue weighted by molar-refractivity contribution is -0.144. The maximum Gasteiger partial charge on any atom is 0.331 e. The second kappa shape index (κ2) is 8.99. The van der Waals surface area contributed by atoms with E-state index in [0.717, 1.165) is 11.6 Å². The van der Waals surface area contributed by atoms with Crippen molar-refractivity contribution in [2.24, 2.45) is 0 Å². The molecule has 0 aliphatic heterocycles. The van der Waals surface area contributed by atoms with E-state index >= 15 is 0 Å². The van der Waals surface area contributed by atoms with E-state index in [4.69, 9.17) is 16.3 Å². The molecule has 0 bridgehead atoms. The summed E-state index contributed by atoms with van der Waals surface area (Å²) in [5, 5.41) is 3.33. The minimum Gasteiger partial charge on any atom is -0.452 e. The maximum absolute atomic E-state index is 13.0. The Labute approximate surface area is 150 Å². The third-order valence-corrected chi connectivity index (χ3v) is 3.61. The van der Waals surface area contributed by atoms with Crippen molar-refractivity contribution in [3.63, 3.8) is 0 Å². The SMILES string of the molecule is C[C@H](NC(=O)COC(=O)/C=C/c1cccc(F)c1)c1ccc(Cl)cc1. The van der Waals surface area contributed by atoms with E-state index in [0.29, 0.717) is 10.6 Å². The van der Waals surface area contributed by atoms with Crippen LogP contribution in [0.4, 0.5) is 4.39 Å². The van der Waals surface area contributed by atoms with Gasteiger partial charge in [0.1, 0.15) is 5.82 Å². The van der Waals surface area contributed by atoms with E-state index in [1.807, 2.05) is 6.92 Å². The number of hydrogen-bond donors (Lipinski definition) is 1. The Hall–Kier alpha value is -2.66. The van der Waals surface area contributed by atoms with Crippen LogP contribution in [0, 0.1) is 5.82 Å². The topological polar surface area (TPSA) is 55.4 Å². The van der Waals surface area contributed by atoms with Crippen LogP contribution in [0.2, 0.25) is 5.02 Å². The number of nitrogens with one attached hydrogen (secondary N) is 1. The third-order valence-electron chi connectivity index (χ3n) is 3.35. The van der Waals surface area contributed by atoms with Crippen molar-refractivity contribution < 1.29 is 18.7 Å². The molecule has 2 aromatic rings. The molecule has 2 aromatic carbocycles. The normalized spacial score (nSPS) is 12.0. The number of carbonyl (C=O) groups excluding carboxylic acids is 2. The number of carbonyl (C=O) groups is 2. The molecule has 0 spiro atoms. The molecule has 4 nitrogen and oxygen atoms in total. The molecule has 0 aromatic heterocycles. The van der Waals surface area contributed by atoms with Gasteiger partial charge in [0.2, 0.25) is 0 Å². The molecule has 6 heteroatoms. The lowest BCUT2D eigenvalue weighted by Crippen LogP contribution is -2.30. The summed E-state index contributed by atoms with van der Waals surface area (Å²) in [7, 11) is 0. The number of ether oxygens (including phenoxy) is 1. The van der Waals surface area contributed by atoms with E-state index in [-0.39, 0.29) is 6.04 Å². The van der Waals surface area contributed by atoms with E-state index in [2.05, 4.69) is 5.32 Å². The minimum absolute atomic E-state index is 0.244. The van der Waals surface area contributed by atoms with Gasteiger partial charge < -0.3 is 10.1 Å². The van der Waals surface area contributed by atoms with Crippen molar-refractivity contribution in [2.75, 3.05) is 6.61 Å². The number of halogens is 2. The second-order valence-electron chi connectivity index (χ2n) is 5.34. The van der Waals surface area contributed by atoms with E-state index in [1.54, 1.807) is 30.3 Å². The van der Waals surface area contributed by atoms with Crippen molar-refractivity contribution >= 4 is 29.6 Å². The molecule has 25 heavy (non-hydrogen) atoms. The molecule has 1 N–H and O–H groups in total. The molecule has 0 heterocycles. The maximum atomic E-state index is 13.0. The van der Waals surface area contributed by atoms with Gasteiger partial charge in [-0.05, 0) is 48.4 Å². The summed E-state index contributed by atoms with van der Waals surface area (Å²) in [5.74, 6) is -1.50. The molecule has 0 fully saturated rings. The molecule has 0 radical (unpaired) electrons. The Bertz CT molecular complexity index is 774. The zero-order chi connectivity index (χ0) is 18.2. The number of hydrogen-bond acceptors (Lipinski definition) is 3. The summed E-state index contributed by atoms with van der Waals surface area (Å²) >= 11 is 5.82. The van der Waals surface area contributed by atoms with Crippen LogP contribution in [0.5, 0.6) is 0 Å². The summed E-state index contributed by atoms with van der Waals surface area (Å²) in [6.07, 6.45) is 2.56. The summed E-state index contributed by atoms with van der Waals surface area (Å²) in [6.45, 7) is 1.41. The van der Waals surface area contributed by atoms with Crippen LogP contribution in [0.1, 0.15) is 24.1 Å². The fourth-order valence-corrected chi connectivity index (χ4v) is 2.20. The van der Waals surface area contributed by atoms with Crippen molar-refractivity contribution in [1.29, 1.82) is 0 Å². The lowest BCUT2D eigenvalue weighted by Gasteiger charge is -2.14. The first-order chi connectivity index (χ1) is 11.9. The van der Waals surface area contributed by atoms with Gasteiger partial charge in [0.05, 0.1) is 6.04 Å². The fraction of sp³-hybridized carbons (Fsp3) is 0.158. The average Bonchev–Trinajstić information content (AvgIpc) is 2.58. The van der Waals surface area contributed by atoms with Gasteiger partial charge in [0.15, 0.2) is 6.61 Å². The predicted molar refractivity (Wildman–Crippen MR) is 94.4 cm³/mol. The Balaban J connectivity index is 1.79. The predicted octanol–water partition coefficient (Wildman–Crippen LogP) is 3.91. The third kappa shape index (κ3) is 6.39. The highest BCUT2D eigenvalue weighted by Gasteiger charge is 2.11. The van der Waals surface area contributed by atoms with Crippen LogP contribution in [0.3, 0.4) is 0 Å². The summed E-state index contributed by atoms with van der Waals surface area (Å²) in [5.41, 5.74) is 1.41. The molecule has 0 aliphatic rings. The van der Waals surface area contributed by atoms with Crippen LogP contribution in [-0.4, -0.2) is 18.5 Å². The summed E-state index contributed by atoms with van der Waals surface area (Å²) in [4.78, 5) is 23.4. The molecule has 0 unspecified atom stereocenters. The van der Waals surface area contributed by atoms with Crippen molar-refractivity contribution in [3.05, 3.63) is 76.6 Å². The van der Waals surface area contributed by atoms with Gasteiger partial charge in [-0.1, -0.05) is 35.9 Å². The Morgan fingerprint density at radius 1 is 1.24 bits per heavy atom. The van der Waals surface area contributed by atoms with Gasteiger partial charge in [-0.2, -0.15) is 0 Å². The smallest absolute Gasteiger partial charge is 0.331 e. The van der Waals surface area contributed by atoms with Gasteiger partial charge in [-0.15, -0.1) is 0 Å². The molecule has 2 rings (SSSR count). The van der Waals surface area contributed by atoms with Crippen molar-refractivity contribution in [2.45, 2.75) is 13.0 Å². The minimum atomic E-state index is -0.682. The van der Waals surface area contributed by atoms with E-state index in [1.165, 1.54) is 24.3 Å². The highest BCUT2D eigenvalue weighted by molar-refractivity contribution is 6.30. The second-order valence-corrected chi connectivity index (χ2v) is 5.77. The fourth-order valence-electron chi connectivity index (χ4n) is 2.08. The van der Waals surface area contributed by atoms with Crippen LogP contribution in [0.15, 0.2) is 54.6 Å². The number of benzene rings is 2. The number of esters is 1. The summed E-state index contributed by atoms with van der Waals surface area (Å²) in [6, 6.07) is 12.6. The molecule has 130 valence electrons. The largest absolute Gasteiger partial charge is 0.452 e. The quantitative estimate of drug-likeness (QED) is 0.627.